The molecule has 0 fully saturated rings. The Morgan fingerprint density at radius 2 is 1.75 bits per heavy atom. The average molecular weight is 224 g/mol. The van der Waals surface area contributed by atoms with Gasteiger partial charge in [0, 0.05) is 18.7 Å². The van der Waals surface area contributed by atoms with Gasteiger partial charge in [-0.1, -0.05) is 34.6 Å². The quantitative estimate of drug-likeness (QED) is 0.701. The van der Waals surface area contributed by atoms with Gasteiger partial charge in [0.1, 0.15) is 5.82 Å². The van der Waals surface area contributed by atoms with Crippen LogP contribution in [0.4, 0.5) is 0 Å². The normalized spacial score (nSPS) is 12.9. The molecule has 2 rings (SSSR count). The van der Waals surface area contributed by atoms with Crippen molar-refractivity contribution in [1.29, 1.82) is 0 Å². The van der Waals surface area contributed by atoms with E-state index in [2.05, 4.69) is 23.4 Å². The Bertz CT molecular complexity index is 287. The molecule has 0 atom stereocenters. The maximum atomic E-state index is 4.58. The Hall–Kier alpha value is -0.790. The topological polar surface area (TPSA) is 17.8 Å². The summed E-state index contributed by atoms with van der Waals surface area (Å²) in [5.74, 6) is 1.32. The predicted octanol–water partition coefficient (Wildman–Crippen LogP) is 4.14. The first kappa shape index (κ1) is 15.2. The van der Waals surface area contributed by atoms with Crippen LogP contribution in [-0.2, 0) is 19.4 Å². The third-order valence-electron chi connectivity index (χ3n) is 2.72. The molecule has 1 aliphatic rings. The second kappa shape index (κ2) is 8.37. The zero-order chi connectivity index (χ0) is 12.6. The van der Waals surface area contributed by atoms with Crippen LogP contribution >= 0.6 is 0 Å². The molecule has 2 nitrogen and oxygen atoms in total. The molecule has 2 heteroatoms. The van der Waals surface area contributed by atoms with Gasteiger partial charge in [-0.25, -0.2) is 4.98 Å². The molecule has 0 saturated heterocycles. The Morgan fingerprint density at radius 1 is 1.12 bits per heavy atom. The summed E-state index contributed by atoms with van der Waals surface area (Å²) in [6.45, 7) is 13.5. The number of aromatic nitrogens is 2. The van der Waals surface area contributed by atoms with E-state index in [1.54, 1.807) is 0 Å². The van der Waals surface area contributed by atoms with Gasteiger partial charge in [-0.2, -0.15) is 0 Å². The summed E-state index contributed by atoms with van der Waals surface area (Å²) >= 11 is 0. The lowest BCUT2D eigenvalue weighted by molar-refractivity contribution is 0.509. The van der Waals surface area contributed by atoms with Crippen LogP contribution in [0.1, 0.15) is 64.7 Å². The number of aryl methyl sites for hydroxylation is 2. The van der Waals surface area contributed by atoms with Crippen LogP contribution in [0.2, 0.25) is 0 Å². The molecule has 0 amide bonds. The molecule has 94 valence electrons. The first-order valence-corrected chi connectivity index (χ1v) is 6.87. The molecular formula is C14H28N2. The van der Waals surface area contributed by atoms with Gasteiger partial charge in [0.15, 0.2) is 0 Å². The van der Waals surface area contributed by atoms with Gasteiger partial charge in [-0.05, 0) is 26.2 Å². The molecular weight excluding hydrogens is 196 g/mol. The Balaban J connectivity index is 0.000000509. The van der Waals surface area contributed by atoms with Crippen LogP contribution in [0.25, 0.3) is 0 Å². The van der Waals surface area contributed by atoms with Crippen molar-refractivity contribution in [2.24, 2.45) is 0 Å². The van der Waals surface area contributed by atoms with Crippen LogP contribution in [0.5, 0.6) is 0 Å². The smallest absolute Gasteiger partial charge is 0.109 e. The Morgan fingerprint density at radius 3 is 2.31 bits per heavy atom. The largest absolute Gasteiger partial charge is 0.332 e. The van der Waals surface area contributed by atoms with Gasteiger partial charge in [0.2, 0.25) is 0 Å². The first-order valence-electron chi connectivity index (χ1n) is 6.87. The van der Waals surface area contributed by atoms with Crippen molar-refractivity contribution in [2.45, 2.75) is 73.8 Å². The van der Waals surface area contributed by atoms with E-state index in [1.165, 1.54) is 43.0 Å². The number of fused-ring (bicyclic) bond motifs is 1. The minimum atomic E-state index is 1.12. The molecule has 0 aliphatic carbocycles. The van der Waals surface area contributed by atoms with E-state index in [1.807, 2.05) is 27.7 Å². The SMILES string of the molecule is CC.CC.CCc1c(C)nc2n1CCCC2. The van der Waals surface area contributed by atoms with Crippen LogP contribution in [-0.4, -0.2) is 9.55 Å². The maximum absolute atomic E-state index is 4.58. The zero-order valence-corrected chi connectivity index (χ0v) is 11.9. The van der Waals surface area contributed by atoms with Crippen molar-refractivity contribution in [1.82, 2.24) is 9.55 Å². The second-order valence-electron chi connectivity index (χ2n) is 3.52. The van der Waals surface area contributed by atoms with Gasteiger partial charge < -0.3 is 4.57 Å². The third kappa shape index (κ3) is 3.36. The van der Waals surface area contributed by atoms with E-state index < -0.39 is 0 Å². The highest BCUT2D eigenvalue weighted by Crippen LogP contribution is 2.19. The lowest BCUT2D eigenvalue weighted by atomic mass is 10.1. The van der Waals surface area contributed by atoms with E-state index in [0.717, 1.165) is 6.42 Å². The first-order chi connectivity index (χ1) is 7.83. The fourth-order valence-corrected chi connectivity index (χ4v) is 2.12. The van der Waals surface area contributed by atoms with Crippen LogP contribution in [0.15, 0.2) is 0 Å². The standard InChI is InChI=1S/C10H16N2.2C2H6/c1-3-9-8(2)11-10-6-4-5-7-12(9)10;2*1-2/h3-7H2,1-2H3;2*1-2H3. The van der Waals surface area contributed by atoms with E-state index in [9.17, 15) is 0 Å². The van der Waals surface area contributed by atoms with Crippen molar-refractivity contribution in [3.8, 4) is 0 Å². The predicted molar refractivity (Wildman–Crippen MR) is 72.0 cm³/mol. The Kier molecular flexibility index (Phi) is 7.96. The highest BCUT2D eigenvalue weighted by Gasteiger charge is 2.15. The summed E-state index contributed by atoms with van der Waals surface area (Å²) in [6.07, 6.45) is 4.95. The summed E-state index contributed by atoms with van der Waals surface area (Å²) in [5.41, 5.74) is 2.69. The van der Waals surface area contributed by atoms with E-state index in [0.29, 0.717) is 0 Å². The average Bonchev–Trinajstić information content (AvgIpc) is 2.69. The molecule has 1 aliphatic heterocycles. The molecule has 0 spiro atoms. The number of rotatable bonds is 1. The molecule has 2 heterocycles. The molecule has 0 saturated carbocycles. The van der Waals surface area contributed by atoms with Crippen molar-refractivity contribution in [3.05, 3.63) is 17.2 Å². The molecule has 1 aromatic rings. The highest BCUT2D eigenvalue weighted by molar-refractivity contribution is 5.17. The number of hydrogen-bond acceptors (Lipinski definition) is 1. The number of nitrogens with zero attached hydrogens (tertiary/aromatic N) is 2. The van der Waals surface area contributed by atoms with Crippen molar-refractivity contribution >= 4 is 0 Å². The van der Waals surface area contributed by atoms with Gasteiger partial charge >= 0.3 is 0 Å². The van der Waals surface area contributed by atoms with Crippen molar-refractivity contribution < 1.29 is 0 Å². The van der Waals surface area contributed by atoms with Crippen LogP contribution in [0.3, 0.4) is 0 Å². The van der Waals surface area contributed by atoms with Crippen molar-refractivity contribution in [3.63, 3.8) is 0 Å². The summed E-state index contributed by atoms with van der Waals surface area (Å²) in [7, 11) is 0. The minimum Gasteiger partial charge on any atom is -0.332 e. The zero-order valence-electron chi connectivity index (χ0n) is 11.9. The molecule has 0 aromatic carbocycles. The molecule has 0 bridgehead atoms. The Labute approximate surface area is 101 Å². The fourth-order valence-electron chi connectivity index (χ4n) is 2.12. The lowest BCUT2D eigenvalue weighted by Gasteiger charge is -2.15. The number of imidazole rings is 1. The van der Waals surface area contributed by atoms with E-state index in [-0.39, 0.29) is 0 Å². The maximum Gasteiger partial charge on any atom is 0.109 e. The minimum absolute atomic E-state index is 1.12. The lowest BCUT2D eigenvalue weighted by Crippen LogP contribution is -2.12. The number of hydrogen-bond donors (Lipinski definition) is 0. The molecule has 16 heavy (non-hydrogen) atoms. The molecule has 0 unspecified atom stereocenters. The summed E-state index contributed by atoms with van der Waals surface area (Å²) < 4.78 is 2.42. The van der Waals surface area contributed by atoms with E-state index >= 15 is 0 Å². The van der Waals surface area contributed by atoms with E-state index in [4.69, 9.17) is 0 Å². The van der Waals surface area contributed by atoms with Crippen LogP contribution in [0, 0.1) is 6.92 Å². The second-order valence-corrected chi connectivity index (χ2v) is 3.52. The monoisotopic (exact) mass is 224 g/mol. The van der Waals surface area contributed by atoms with Crippen LogP contribution < -0.4 is 0 Å². The summed E-state index contributed by atoms with van der Waals surface area (Å²) in [5, 5.41) is 0. The summed E-state index contributed by atoms with van der Waals surface area (Å²) in [6, 6.07) is 0. The third-order valence-corrected chi connectivity index (χ3v) is 2.72. The van der Waals surface area contributed by atoms with Gasteiger partial charge in [0.05, 0.1) is 5.69 Å². The highest BCUT2D eigenvalue weighted by atomic mass is 15.1. The molecule has 0 N–H and O–H groups in total. The van der Waals surface area contributed by atoms with Gasteiger partial charge in [-0.15, -0.1) is 0 Å². The molecule has 1 aromatic heterocycles. The summed E-state index contributed by atoms with van der Waals surface area (Å²) in [4.78, 5) is 4.58. The van der Waals surface area contributed by atoms with Crippen molar-refractivity contribution in [2.75, 3.05) is 0 Å². The molecule has 0 radical (unpaired) electrons. The fraction of sp³-hybridized carbons (Fsp3) is 0.786. The van der Waals surface area contributed by atoms with Gasteiger partial charge in [-0.3, -0.25) is 0 Å². The van der Waals surface area contributed by atoms with Gasteiger partial charge in [0.25, 0.3) is 0 Å².